The highest BCUT2D eigenvalue weighted by Crippen LogP contribution is 2.24. The van der Waals surface area contributed by atoms with E-state index in [0.717, 1.165) is 11.8 Å². The Labute approximate surface area is 140 Å². The number of halogens is 1. The Hall–Kier alpha value is -2.05. The average molecular weight is 353 g/mol. The van der Waals surface area contributed by atoms with E-state index in [-0.39, 0.29) is 22.7 Å². The Morgan fingerprint density at radius 3 is 2.35 bits per heavy atom. The van der Waals surface area contributed by atoms with Gasteiger partial charge in [0.1, 0.15) is 0 Å². The van der Waals surface area contributed by atoms with Crippen molar-refractivity contribution in [3.05, 3.63) is 64.7 Å². The van der Waals surface area contributed by atoms with Crippen molar-refractivity contribution >= 4 is 33.2 Å². The predicted molar refractivity (Wildman–Crippen MR) is 92.2 cm³/mol. The molecular formula is C16H17ClN2O3S. The third kappa shape index (κ3) is 4.97. The molecule has 2 N–H and O–H groups in total. The fourth-order valence-electron chi connectivity index (χ4n) is 2.04. The van der Waals surface area contributed by atoms with E-state index < -0.39 is 10.0 Å². The van der Waals surface area contributed by atoms with Crippen LogP contribution in [0.4, 0.5) is 5.69 Å². The van der Waals surface area contributed by atoms with Crippen LogP contribution >= 0.6 is 11.6 Å². The van der Waals surface area contributed by atoms with Gasteiger partial charge in [-0.05, 0) is 30.7 Å². The van der Waals surface area contributed by atoms with Crippen molar-refractivity contribution in [1.82, 2.24) is 5.32 Å². The zero-order valence-electron chi connectivity index (χ0n) is 12.7. The Bertz CT molecular complexity index is 807. The van der Waals surface area contributed by atoms with Crippen LogP contribution in [0.5, 0.6) is 0 Å². The molecule has 5 nitrogen and oxygen atoms in total. The lowest BCUT2D eigenvalue weighted by Gasteiger charge is -2.15. The van der Waals surface area contributed by atoms with Crippen molar-refractivity contribution in [2.45, 2.75) is 13.0 Å². The van der Waals surface area contributed by atoms with Gasteiger partial charge in [-0.1, -0.05) is 41.9 Å². The maximum absolute atomic E-state index is 12.3. The second-order valence-electron chi connectivity index (χ2n) is 5.17. The maximum atomic E-state index is 12.3. The first-order valence-corrected chi connectivity index (χ1v) is 9.16. The first kappa shape index (κ1) is 17.3. The van der Waals surface area contributed by atoms with Gasteiger partial charge in [-0.3, -0.25) is 9.52 Å². The number of anilines is 1. The third-order valence-corrected chi connectivity index (χ3v) is 4.08. The molecular weight excluding hydrogens is 336 g/mol. The van der Waals surface area contributed by atoms with Gasteiger partial charge in [0.25, 0.3) is 5.91 Å². The number of rotatable bonds is 5. The minimum atomic E-state index is -3.42. The number of benzene rings is 2. The quantitative estimate of drug-likeness (QED) is 0.867. The van der Waals surface area contributed by atoms with Crippen molar-refractivity contribution in [3.63, 3.8) is 0 Å². The molecule has 2 aromatic rings. The van der Waals surface area contributed by atoms with Crippen LogP contribution in [0.2, 0.25) is 5.02 Å². The molecule has 1 atom stereocenters. The molecule has 0 saturated carbocycles. The average Bonchev–Trinajstić information content (AvgIpc) is 2.48. The SMILES string of the molecule is C[C@@H](NC(=O)c1ccc(NS(C)(=O)=O)c(Cl)c1)c1ccccc1. The van der Waals surface area contributed by atoms with Gasteiger partial charge >= 0.3 is 0 Å². The molecule has 7 heteroatoms. The third-order valence-electron chi connectivity index (χ3n) is 3.17. The van der Waals surface area contributed by atoms with E-state index >= 15 is 0 Å². The molecule has 0 aliphatic rings. The molecule has 0 aromatic heterocycles. The lowest BCUT2D eigenvalue weighted by molar-refractivity contribution is 0.0940. The molecule has 0 heterocycles. The van der Waals surface area contributed by atoms with Crippen molar-refractivity contribution in [1.29, 1.82) is 0 Å². The van der Waals surface area contributed by atoms with Crippen LogP contribution in [-0.2, 0) is 10.0 Å². The van der Waals surface area contributed by atoms with E-state index in [1.165, 1.54) is 18.2 Å². The summed E-state index contributed by atoms with van der Waals surface area (Å²) in [5.41, 5.74) is 1.58. The van der Waals surface area contributed by atoms with E-state index in [1.807, 2.05) is 37.3 Å². The van der Waals surface area contributed by atoms with Crippen molar-refractivity contribution in [2.75, 3.05) is 11.0 Å². The molecule has 23 heavy (non-hydrogen) atoms. The summed E-state index contributed by atoms with van der Waals surface area (Å²) in [6, 6.07) is 13.8. The highest BCUT2D eigenvalue weighted by atomic mass is 35.5. The smallest absolute Gasteiger partial charge is 0.251 e. The van der Waals surface area contributed by atoms with E-state index in [9.17, 15) is 13.2 Å². The predicted octanol–water partition coefficient (Wildman–Crippen LogP) is 3.20. The van der Waals surface area contributed by atoms with Crippen LogP contribution in [0, 0.1) is 0 Å². The summed E-state index contributed by atoms with van der Waals surface area (Å²) in [4.78, 5) is 12.3. The van der Waals surface area contributed by atoms with Crippen LogP contribution in [0.15, 0.2) is 48.5 Å². The Balaban J connectivity index is 2.13. The molecule has 2 rings (SSSR count). The Morgan fingerprint density at radius 2 is 1.78 bits per heavy atom. The van der Waals surface area contributed by atoms with E-state index in [2.05, 4.69) is 10.0 Å². The molecule has 0 radical (unpaired) electrons. The van der Waals surface area contributed by atoms with E-state index in [4.69, 9.17) is 11.6 Å². The summed E-state index contributed by atoms with van der Waals surface area (Å²) >= 11 is 6.03. The second-order valence-corrected chi connectivity index (χ2v) is 7.33. The normalized spacial score (nSPS) is 12.5. The van der Waals surface area contributed by atoms with Crippen LogP contribution in [-0.4, -0.2) is 20.6 Å². The lowest BCUT2D eigenvalue weighted by atomic mass is 10.1. The highest BCUT2D eigenvalue weighted by Gasteiger charge is 2.14. The fraction of sp³-hybridized carbons (Fsp3) is 0.188. The van der Waals surface area contributed by atoms with Gasteiger partial charge in [0.05, 0.1) is 23.0 Å². The van der Waals surface area contributed by atoms with Gasteiger partial charge in [-0.15, -0.1) is 0 Å². The number of carbonyl (C=O) groups excluding carboxylic acids is 1. The number of hydrogen-bond acceptors (Lipinski definition) is 3. The van der Waals surface area contributed by atoms with Crippen molar-refractivity contribution < 1.29 is 13.2 Å². The summed E-state index contributed by atoms with van der Waals surface area (Å²) in [5.74, 6) is -0.283. The summed E-state index contributed by atoms with van der Waals surface area (Å²) in [5, 5.41) is 3.03. The van der Waals surface area contributed by atoms with Gasteiger partial charge in [0, 0.05) is 5.56 Å². The van der Waals surface area contributed by atoms with Crippen LogP contribution < -0.4 is 10.0 Å². The Kier molecular flexibility index (Phi) is 5.28. The largest absolute Gasteiger partial charge is 0.346 e. The number of carbonyl (C=O) groups is 1. The molecule has 0 bridgehead atoms. The zero-order valence-corrected chi connectivity index (χ0v) is 14.3. The molecule has 0 unspecified atom stereocenters. The second kappa shape index (κ2) is 7.02. The van der Waals surface area contributed by atoms with E-state index in [1.54, 1.807) is 0 Å². The summed E-state index contributed by atoms with van der Waals surface area (Å²) in [7, 11) is -3.42. The van der Waals surface area contributed by atoms with Crippen molar-refractivity contribution in [2.24, 2.45) is 0 Å². The molecule has 0 fully saturated rings. The molecule has 0 spiro atoms. The lowest BCUT2D eigenvalue weighted by Crippen LogP contribution is -2.26. The van der Waals surface area contributed by atoms with Gasteiger partial charge in [0.15, 0.2) is 0 Å². The summed E-state index contributed by atoms with van der Waals surface area (Å²) < 4.78 is 24.7. The highest BCUT2D eigenvalue weighted by molar-refractivity contribution is 7.92. The van der Waals surface area contributed by atoms with E-state index in [0.29, 0.717) is 5.56 Å². The fourth-order valence-corrected chi connectivity index (χ4v) is 2.91. The molecule has 2 aromatic carbocycles. The minimum Gasteiger partial charge on any atom is -0.346 e. The van der Waals surface area contributed by atoms with Gasteiger partial charge < -0.3 is 5.32 Å². The number of nitrogens with one attached hydrogen (secondary N) is 2. The van der Waals surface area contributed by atoms with Crippen LogP contribution in [0.3, 0.4) is 0 Å². The first-order chi connectivity index (χ1) is 10.8. The molecule has 122 valence electrons. The Morgan fingerprint density at radius 1 is 1.13 bits per heavy atom. The van der Waals surface area contributed by atoms with Crippen LogP contribution in [0.1, 0.15) is 28.9 Å². The van der Waals surface area contributed by atoms with Crippen molar-refractivity contribution in [3.8, 4) is 0 Å². The monoisotopic (exact) mass is 352 g/mol. The summed E-state index contributed by atoms with van der Waals surface area (Å²) in [6.07, 6.45) is 1.03. The zero-order chi connectivity index (χ0) is 17.0. The molecule has 0 aliphatic carbocycles. The molecule has 0 saturated heterocycles. The molecule has 1 amide bonds. The minimum absolute atomic E-state index is 0.156. The molecule has 0 aliphatic heterocycles. The van der Waals surface area contributed by atoms with Gasteiger partial charge in [-0.2, -0.15) is 0 Å². The number of sulfonamides is 1. The topological polar surface area (TPSA) is 75.3 Å². The first-order valence-electron chi connectivity index (χ1n) is 6.89. The summed E-state index contributed by atoms with van der Waals surface area (Å²) in [6.45, 7) is 1.88. The van der Waals surface area contributed by atoms with Crippen LogP contribution in [0.25, 0.3) is 0 Å². The maximum Gasteiger partial charge on any atom is 0.251 e. The van der Waals surface area contributed by atoms with Gasteiger partial charge in [0.2, 0.25) is 10.0 Å². The number of amides is 1. The van der Waals surface area contributed by atoms with Gasteiger partial charge in [-0.25, -0.2) is 8.42 Å². The number of hydrogen-bond donors (Lipinski definition) is 2. The standard InChI is InChI=1S/C16H17ClN2O3S/c1-11(12-6-4-3-5-7-12)18-16(20)13-8-9-15(14(17)10-13)19-23(2,21)22/h3-11,19H,1-2H3,(H,18,20)/t11-/m1/s1.